The molecule has 0 unspecified atom stereocenters. The molecule has 1 saturated carbocycles. The van der Waals surface area contributed by atoms with E-state index in [1.807, 2.05) is 0 Å². The largest absolute Gasteiger partial charge is 0.311 e. The Morgan fingerprint density at radius 2 is 1.80 bits per heavy atom. The molecule has 2 atom stereocenters. The fourth-order valence-electron chi connectivity index (χ4n) is 4.06. The topological polar surface area (TPSA) is 15.3 Å². The van der Waals surface area contributed by atoms with Crippen LogP contribution in [-0.4, -0.2) is 30.6 Å². The molecule has 1 aromatic carbocycles. The van der Waals surface area contributed by atoms with Gasteiger partial charge in [0.2, 0.25) is 0 Å². The van der Waals surface area contributed by atoms with Gasteiger partial charge in [-0.05, 0) is 43.7 Å². The van der Waals surface area contributed by atoms with E-state index in [4.69, 9.17) is 0 Å². The van der Waals surface area contributed by atoms with Crippen molar-refractivity contribution in [2.75, 3.05) is 19.6 Å². The summed E-state index contributed by atoms with van der Waals surface area (Å²) in [5.41, 5.74) is 1.39. The Kier molecular flexibility index (Phi) is 5.10. The molecule has 2 aliphatic rings. The van der Waals surface area contributed by atoms with Gasteiger partial charge in [0.25, 0.3) is 0 Å². The minimum absolute atomic E-state index is 0.899. The Labute approximate surface area is 123 Å². The molecule has 0 amide bonds. The van der Waals surface area contributed by atoms with Crippen molar-refractivity contribution < 1.29 is 0 Å². The molecule has 1 heterocycles. The molecule has 1 aliphatic heterocycles. The van der Waals surface area contributed by atoms with Gasteiger partial charge in [-0.25, -0.2) is 0 Å². The van der Waals surface area contributed by atoms with Crippen molar-refractivity contribution in [2.24, 2.45) is 5.92 Å². The summed E-state index contributed by atoms with van der Waals surface area (Å²) in [5.74, 6) is 1.01. The van der Waals surface area contributed by atoms with Gasteiger partial charge in [-0.3, -0.25) is 4.90 Å². The Morgan fingerprint density at radius 3 is 2.70 bits per heavy atom. The molecule has 20 heavy (non-hydrogen) atoms. The summed E-state index contributed by atoms with van der Waals surface area (Å²) in [6.07, 6.45) is 8.76. The molecule has 1 saturated heterocycles. The van der Waals surface area contributed by atoms with Gasteiger partial charge in [0.1, 0.15) is 0 Å². The van der Waals surface area contributed by atoms with Gasteiger partial charge in [-0.1, -0.05) is 43.2 Å². The number of rotatable bonds is 5. The fraction of sp³-hybridized carbons (Fsp3) is 0.667. The second-order valence-electron chi connectivity index (χ2n) is 6.45. The summed E-state index contributed by atoms with van der Waals surface area (Å²) < 4.78 is 0. The summed E-state index contributed by atoms with van der Waals surface area (Å²) in [6.45, 7) is 4.68. The highest BCUT2D eigenvalue weighted by atomic mass is 15.2. The maximum atomic E-state index is 3.60. The molecule has 0 spiro atoms. The van der Waals surface area contributed by atoms with Crippen LogP contribution in [-0.2, 0) is 6.54 Å². The molecule has 110 valence electrons. The van der Waals surface area contributed by atoms with E-state index in [9.17, 15) is 0 Å². The van der Waals surface area contributed by atoms with Crippen molar-refractivity contribution in [2.45, 2.75) is 51.1 Å². The first-order valence-electron chi connectivity index (χ1n) is 8.42. The van der Waals surface area contributed by atoms with Crippen LogP contribution in [0.25, 0.3) is 0 Å². The molecule has 2 heteroatoms. The second kappa shape index (κ2) is 7.24. The van der Waals surface area contributed by atoms with Gasteiger partial charge >= 0.3 is 0 Å². The minimum atomic E-state index is 0.899. The monoisotopic (exact) mass is 272 g/mol. The van der Waals surface area contributed by atoms with Crippen LogP contribution >= 0.6 is 0 Å². The molecule has 0 aromatic heterocycles. The first-order chi connectivity index (χ1) is 9.93. The summed E-state index contributed by atoms with van der Waals surface area (Å²) in [5, 5.41) is 3.60. The molecule has 3 rings (SSSR count). The number of hydrogen-bond donors (Lipinski definition) is 1. The first-order valence-corrected chi connectivity index (χ1v) is 8.42. The van der Waals surface area contributed by atoms with E-state index in [0.29, 0.717) is 0 Å². The zero-order chi connectivity index (χ0) is 13.6. The number of nitrogens with one attached hydrogen (secondary N) is 1. The molecule has 2 fully saturated rings. The quantitative estimate of drug-likeness (QED) is 0.826. The van der Waals surface area contributed by atoms with Crippen molar-refractivity contribution >= 4 is 0 Å². The Bertz CT molecular complexity index is 388. The van der Waals surface area contributed by atoms with E-state index in [-0.39, 0.29) is 0 Å². The normalized spacial score (nSPS) is 27.2. The SMILES string of the molecule is c1ccc(CNCCN2CCC[C@@H]3CCCC[C@@H]32)cc1. The standard InChI is InChI=1S/C18H28N2/c1-2-7-16(8-3-1)15-19-12-14-20-13-6-10-17-9-4-5-11-18(17)20/h1-3,7-8,17-19H,4-6,9-15H2/t17-,18-/m0/s1. The highest BCUT2D eigenvalue weighted by Crippen LogP contribution is 2.34. The zero-order valence-corrected chi connectivity index (χ0v) is 12.6. The highest BCUT2D eigenvalue weighted by molar-refractivity contribution is 5.14. The van der Waals surface area contributed by atoms with E-state index >= 15 is 0 Å². The number of benzene rings is 1. The molecule has 1 aromatic rings. The van der Waals surface area contributed by atoms with Crippen molar-refractivity contribution in [1.82, 2.24) is 10.2 Å². The molecule has 1 aliphatic carbocycles. The summed E-state index contributed by atoms with van der Waals surface area (Å²) in [4.78, 5) is 2.77. The van der Waals surface area contributed by atoms with Crippen molar-refractivity contribution in [3.8, 4) is 0 Å². The third-order valence-corrected chi connectivity index (χ3v) is 5.11. The molecule has 0 bridgehead atoms. The summed E-state index contributed by atoms with van der Waals surface area (Å²) in [6, 6.07) is 11.6. The summed E-state index contributed by atoms with van der Waals surface area (Å²) >= 11 is 0. The maximum absolute atomic E-state index is 3.60. The van der Waals surface area contributed by atoms with Crippen LogP contribution in [0.1, 0.15) is 44.1 Å². The zero-order valence-electron chi connectivity index (χ0n) is 12.6. The Morgan fingerprint density at radius 1 is 1.00 bits per heavy atom. The Hall–Kier alpha value is -0.860. The lowest BCUT2D eigenvalue weighted by atomic mass is 9.78. The predicted octanol–water partition coefficient (Wildman–Crippen LogP) is 3.43. The summed E-state index contributed by atoms with van der Waals surface area (Å²) in [7, 11) is 0. The smallest absolute Gasteiger partial charge is 0.0206 e. The number of likely N-dealkylation sites (tertiary alicyclic amines) is 1. The van der Waals surface area contributed by atoms with Gasteiger partial charge in [0.05, 0.1) is 0 Å². The van der Waals surface area contributed by atoms with Crippen LogP contribution in [0, 0.1) is 5.92 Å². The lowest BCUT2D eigenvalue weighted by Crippen LogP contribution is -2.48. The number of fused-ring (bicyclic) bond motifs is 1. The first kappa shape index (κ1) is 14.1. The highest BCUT2D eigenvalue weighted by Gasteiger charge is 2.32. The minimum Gasteiger partial charge on any atom is -0.311 e. The van der Waals surface area contributed by atoms with Crippen LogP contribution in [0.3, 0.4) is 0 Å². The molecule has 2 nitrogen and oxygen atoms in total. The van der Waals surface area contributed by atoms with Gasteiger partial charge < -0.3 is 5.32 Å². The van der Waals surface area contributed by atoms with Gasteiger partial charge in [-0.15, -0.1) is 0 Å². The van der Waals surface area contributed by atoms with Crippen LogP contribution in [0.5, 0.6) is 0 Å². The van der Waals surface area contributed by atoms with E-state index in [1.54, 1.807) is 0 Å². The molecule has 0 radical (unpaired) electrons. The third kappa shape index (κ3) is 3.62. The molecule has 1 N–H and O–H groups in total. The number of piperidine rings is 1. The second-order valence-corrected chi connectivity index (χ2v) is 6.45. The molecular weight excluding hydrogens is 244 g/mol. The van der Waals surface area contributed by atoms with Crippen LogP contribution in [0.4, 0.5) is 0 Å². The van der Waals surface area contributed by atoms with Crippen LogP contribution < -0.4 is 5.32 Å². The third-order valence-electron chi connectivity index (χ3n) is 5.11. The van der Waals surface area contributed by atoms with Crippen molar-refractivity contribution in [1.29, 1.82) is 0 Å². The van der Waals surface area contributed by atoms with Crippen molar-refractivity contribution in [3.05, 3.63) is 35.9 Å². The lowest BCUT2D eigenvalue weighted by molar-refractivity contribution is 0.0618. The van der Waals surface area contributed by atoms with E-state index in [2.05, 4.69) is 40.5 Å². The van der Waals surface area contributed by atoms with Gasteiger partial charge in [-0.2, -0.15) is 0 Å². The van der Waals surface area contributed by atoms with E-state index < -0.39 is 0 Å². The van der Waals surface area contributed by atoms with Crippen molar-refractivity contribution in [3.63, 3.8) is 0 Å². The van der Waals surface area contributed by atoms with Gasteiger partial charge in [0.15, 0.2) is 0 Å². The Balaban J connectivity index is 1.41. The number of hydrogen-bond acceptors (Lipinski definition) is 2. The lowest BCUT2D eigenvalue weighted by Gasteiger charge is -2.44. The average molecular weight is 272 g/mol. The van der Waals surface area contributed by atoms with Crippen LogP contribution in [0.15, 0.2) is 30.3 Å². The van der Waals surface area contributed by atoms with Crippen LogP contribution in [0.2, 0.25) is 0 Å². The van der Waals surface area contributed by atoms with Gasteiger partial charge in [0, 0.05) is 25.7 Å². The maximum Gasteiger partial charge on any atom is 0.0206 e. The van der Waals surface area contributed by atoms with E-state index in [1.165, 1.54) is 57.2 Å². The molecular formula is C18H28N2. The fourth-order valence-corrected chi connectivity index (χ4v) is 4.06. The average Bonchev–Trinajstić information content (AvgIpc) is 2.53. The predicted molar refractivity (Wildman–Crippen MR) is 84.7 cm³/mol. The van der Waals surface area contributed by atoms with E-state index in [0.717, 1.165) is 25.0 Å². The number of nitrogens with zero attached hydrogens (tertiary/aromatic N) is 1.